The molecule has 0 aliphatic carbocycles. The number of hydrogen-bond acceptors (Lipinski definition) is 2. The normalized spacial score (nSPS) is 17.1. The van der Waals surface area contributed by atoms with Crippen LogP contribution in [-0.4, -0.2) is 13.1 Å². The predicted octanol–water partition coefficient (Wildman–Crippen LogP) is 4.34. The van der Waals surface area contributed by atoms with Gasteiger partial charge in [-0.1, -0.05) is 30.3 Å². The molecule has 22 heavy (non-hydrogen) atoms. The third kappa shape index (κ3) is 4.08. The Balaban J connectivity index is 1.74. The standard InChI is InChI=1S/C19H22FNO/c20-17-6-8-18(9-7-17)22-19(16-4-2-1-3-5-16)14-15-10-12-21-13-11-15/h1-9,15,19,21H,10-14H2/t19-/m1/s1. The fourth-order valence-corrected chi connectivity index (χ4v) is 3.02. The molecule has 2 aromatic carbocycles. The van der Waals surface area contributed by atoms with Crippen molar-refractivity contribution < 1.29 is 9.13 Å². The van der Waals surface area contributed by atoms with Gasteiger partial charge in [0, 0.05) is 0 Å². The van der Waals surface area contributed by atoms with E-state index in [2.05, 4.69) is 17.4 Å². The van der Waals surface area contributed by atoms with E-state index in [9.17, 15) is 4.39 Å². The van der Waals surface area contributed by atoms with Gasteiger partial charge in [0.2, 0.25) is 0 Å². The quantitative estimate of drug-likeness (QED) is 0.887. The van der Waals surface area contributed by atoms with Gasteiger partial charge in [-0.25, -0.2) is 4.39 Å². The molecule has 116 valence electrons. The summed E-state index contributed by atoms with van der Waals surface area (Å²) in [5.41, 5.74) is 1.19. The lowest BCUT2D eigenvalue weighted by molar-refractivity contribution is 0.157. The molecule has 0 unspecified atom stereocenters. The highest BCUT2D eigenvalue weighted by atomic mass is 19.1. The fourth-order valence-electron chi connectivity index (χ4n) is 3.02. The molecule has 0 spiro atoms. The molecule has 0 amide bonds. The van der Waals surface area contributed by atoms with E-state index >= 15 is 0 Å². The van der Waals surface area contributed by atoms with Crippen molar-refractivity contribution in [3.63, 3.8) is 0 Å². The molecular formula is C19H22FNO. The summed E-state index contributed by atoms with van der Waals surface area (Å²) in [7, 11) is 0. The van der Waals surface area contributed by atoms with Gasteiger partial charge in [0.1, 0.15) is 17.7 Å². The first-order chi connectivity index (χ1) is 10.8. The average molecular weight is 299 g/mol. The maximum Gasteiger partial charge on any atom is 0.124 e. The molecule has 1 heterocycles. The predicted molar refractivity (Wildman–Crippen MR) is 86.4 cm³/mol. The van der Waals surface area contributed by atoms with Crippen LogP contribution >= 0.6 is 0 Å². The van der Waals surface area contributed by atoms with Gasteiger partial charge in [-0.05, 0) is 68.1 Å². The van der Waals surface area contributed by atoms with Crippen LogP contribution in [0.3, 0.4) is 0 Å². The summed E-state index contributed by atoms with van der Waals surface area (Å²) in [6.45, 7) is 2.17. The topological polar surface area (TPSA) is 21.3 Å². The van der Waals surface area contributed by atoms with Gasteiger partial charge in [0.25, 0.3) is 0 Å². The summed E-state index contributed by atoms with van der Waals surface area (Å²) in [4.78, 5) is 0. The van der Waals surface area contributed by atoms with Crippen molar-refractivity contribution in [1.82, 2.24) is 5.32 Å². The zero-order valence-corrected chi connectivity index (χ0v) is 12.7. The number of ether oxygens (including phenoxy) is 1. The number of benzene rings is 2. The summed E-state index contributed by atoms with van der Waals surface area (Å²) in [5, 5.41) is 3.40. The average Bonchev–Trinajstić information content (AvgIpc) is 2.58. The van der Waals surface area contributed by atoms with Crippen molar-refractivity contribution >= 4 is 0 Å². The molecule has 0 radical (unpaired) electrons. The molecule has 1 fully saturated rings. The van der Waals surface area contributed by atoms with Gasteiger partial charge in [0.05, 0.1) is 0 Å². The van der Waals surface area contributed by atoms with Gasteiger partial charge >= 0.3 is 0 Å². The van der Waals surface area contributed by atoms with Crippen molar-refractivity contribution in [3.8, 4) is 5.75 Å². The van der Waals surface area contributed by atoms with E-state index < -0.39 is 0 Å². The Hall–Kier alpha value is -1.87. The van der Waals surface area contributed by atoms with Crippen LogP contribution in [0.5, 0.6) is 5.75 Å². The molecule has 1 N–H and O–H groups in total. The van der Waals surface area contributed by atoms with E-state index in [1.54, 1.807) is 12.1 Å². The van der Waals surface area contributed by atoms with Crippen molar-refractivity contribution in [2.45, 2.75) is 25.4 Å². The minimum atomic E-state index is -0.234. The van der Waals surface area contributed by atoms with Crippen molar-refractivity contribution in [2.75, 3.05) is 13.1 Å². The lowest BCUT2D eigenvalue weighted by Gasteiger charge is -2.28. The molecule has 1 saturated heterocycles. The third-order valence-electron chi connectivity index (χ3n) is 4.27. The summed E-state index contributed by atoms with van der Waals surface area (Å²) < 4.78 is 19.2. The monoisotopic (exact) mass is 299 g/mol. The van der Waals surface area contributed by atoms with Crippen molar-refractivity contribution in [2.24, 2.45) is 5.92 Å². The second kappa shape index (κ2) is 7.41. The van der Waals surface area contributed by atoms with Crippen molar-refractivity contribution in [1.29, 1.82) is 0 Å². The Bertz CT molecular complexity index is 564. The number of hydrogen-bond donors (Lipinski definition) is 1. The van der Waals surface area contributed by atoms with Gasteiger partial charge < -0.3 is 10.1 Å². The van der Waals surface area contributed by atoms with Crippen LogP contribution in [0.4, 0.5) is 4.39 Å². The van der Waals surface area contributed by atoms with Crippen LogP contribution in [0.25, 0.3) is 0 Å². The van der Waals surface area contributed by atoms with E-state index in [1.807, 2.05) is 18.2 Å². The summed E-state index contributed by atoms with van der Waals surface area (Å²) in [5.74, 6) is 1.16. The van der Waals surface area contributed by atoms with E-state index in [1.165, 1.54) is 30.5 Å². The molecule has 0 aromatic heterocycles. The molecule has 3 heteroatoms. The van der Waals surface area contributed by atoms with Crippen LogP contribution in [-0.2, 0) is 0 Å². The SMILES string of the molecule is Fc1ccc(O[C@H](CC2CCNCC2)c2ccccc2)cc1. The van der Waals surface area contributed by atoms with Crippen LogP contribution in [0.2, 0.25) is 0 Å². The lowest BCUT2D eigenvalue weighted by Crippen LogP contribution is -2.29. The Kier molecular flexibility index (Phi) is 5.07. The minimum absolute atomic E-state index is 0.0229. The van der Waals surface area contributed by atoms with Gasteiger partial charge in [0.15, 0.2) is 0 Å². The smallest absolute Gasteiger partial charge is 0.124 e. The second-order valence-corrected chi connectivity index (χ2v) is 5.90. The van der Waals surface area contributed by atoms with Crippen molar-refractivity contribution in [3.05, 3.63) is 66.0 Å². The number of halogens is 1. The maximum atomic E-state index is 13.1. The summed E-state index contributed by atoms with van der Waals surface area (Å²) in [6, 6.07) is 16.6. The Morgan fingerprint density at radius 3 is 2.36 bits per heavy atom. The van der Waals surface area contributed by atoms with E-state index in [4.69, 9.17) is 4.74 Å². The third-order valence-corrected chi connectivity index (χ3v) is 4.27. The van der Waals surface area contributed by atoms with Crippen LogP contribution < -0.4 is 10.1 Å². The highest BCUT2D eigenvalue weighted by Gasteiger charge is 2.21. The second-order valence-electron chi connectivity index (χ2n) is 5.90. The Morgan fingerprint density at radius 1 is 1.00 bits per heavy atom. The first-order valence-electron chi connectivity index (χ1n) is 7.99. The summed E-state index contributed by atoms with van der Waals surface area (Å²) in [6.07, 6.45) is 3.41. The highest BCUT2D eigenvalue weighted by molar-refractivity contribution is 5.25. The lowest BCUT2D eigenvalue weighted by atomic mass is 9.89. The molecule has 3 rings (SSSR count). The van der Waals surface area contributed by atoms with Crippen LogP contribution in [0.1, 0.15) is 30.9 Å². The number of piperidine rings is 1. The molecular weight excluding hydrogens is 277 g/mol. The van der Waals surface area contributed by atoms with Gasteiger partial charge in [-0.3, -0.25) is 0 Å². The van der Waals surface area contributed by atoms with E-state index in [0.29, 0.717) is 5.92 Å². The van der Waals surface area contributed by atoms with Gasteiger partial charge in [-0.2, -0.15) is 0 Å². The molecule has 2 nitrogen and oxygen atoms in total. The maximum absolute atomic E-state index is 13.1. The molecule has 2 aromatic rings. The molecule has 1 atom stereocenters. The highest BCUT2D eigenvalue weighted by Crippen LogP contribution is 2.31. The van der Waals surface area contributed by atoms with Crippen LogP contribution in [0.15, 0.2) is 54.6 Å². The zero-order chi connectivity index (χ0) is 15.2. The Morgan fingerprint density at radius 2 is 1.68 bits per heavy atom. The number of rotatable bonds is 5. The largest absolute Gasteiger partial charge is 0.486 e. The first-order valence-corrected chi connectivity index (χ1v) is 7.99. The summed E-state index contributed by atoms with van der Waals surface area (Å²) >= 11 is 0. The minimum Gasteiger partial charge on any atom is -0.486 e. The Labute approximate surface area is 131 Å². The molecule has 0 bridgehead atoms. The molecule has 1 aliphatic heterocycles. The van der Waals surface area contributed by atoms with Crippen LogP contribution in [0, 0.1) is 11.7 Å². The fraction of sp³-hybridized carbons (Fsp3) is 0.368. The van der Waals surface area contributed by atoms with E-state index in [0.717, 1.165) is 25.3 Å². The van der Waals surface area contributed by atoms with E-state index in [-0.39, 0.29) is 11.9 Å². The molecule has 0 saturated carbocycles. The first kappa shape index (κ1) is 15.0. The number of nitrogens with one attached hydrogen (secondary N) is 1. The zero-order valence-electron chi connectivity index (χ0n) is 12.7. The van der Waals surface area contributed by atoms with Gasteiger partial charge in [-0.15, -0.1) is 0 Å². The molecule has 1 aliphatic rings.